The summed E-state index contributed by atoms with van der Waals surface area (Å²) >= 11 is 3.73. The SMILES string of the molecule is NC(=O)c1c(OCc2c(F)cc(Br)cc2F)nsc1NC(=O)NCCCCN1CCC(O)C1O. The fraction of sp³-hybridized carbons (Fsp3) is 0.450. The quantitative estimate of drug-likeness (QED) is 0.278. The Morgan fingerprint density at radius 3 is 2.62 bits per heavy atom. The van der Waals surface area contributed by atoms with Crippen LogP contribution in [0.25, 0.3) is 0 Å². The lowest BCUT2D eigenvalue weighted by molar-refractivity contribution is -0.0358. The van der Waals surface area contributed by atoms with Crippen molar-refractivity contribution in [1.29, 1.82) is 0 Å². The Hall–Kier alpha value is -2.39. The molecule has 0 spiro atoms. The molecular weight excluding hydrogens is 540 g/mol. The smallest absolute Gasteiger partial charge is 0.319 e. The van der Waals surface area contributed by atoms with Gasteiger partial charge in [0.1, 0.15) is 35.0 Å². The van der Waals surface area contributed by atoms with E-state index in [9.17, 15) is 28.6 Å². The number of benzene rings is 1. The number of urea groups is 1. The zero-order chi connectivity index (χ0) is 24.8. The Labute approximate surface area is 206 Å². The van der Waals surface area contributed by atoms with Crippen LogP contribution in [0.4, 0.5) is 18.6 Å². The van der Waals surface area contributed by atoms with Gasteiger partial charge in [-0.05, 0) is 42.9 Å². The lowest BCUT2D eigenvalue weighted by atomic mass is 10.2. The van der Waals surface area contributed by atoms with Crippen LogP contribution in [0.15, 0.2) is 16.6 Å². The largest absolute Gasteiger partial charge is 0.471 e. The van der Waals surface area contributed by atoms with Crippen LogP contribution < -0.4 is 21.1 Å². The van der Waals surface area contributed by atoms with Crippen LogP contribution in [0.2, 0.25) is 0 Å². The Morgan fingerprint density at radius 2 is 2.00 bits per heavy atom. The maximum Gasteiger partial charge on any atom is 0.319 e. The summed E-state index contributed by atoms with van der Waals surface area (Å²) in [6.45, 7) is 0.989. The van der Waals surface area contributed by atoms with Gasteiger partial charge in [0.05, 0.1) is 11.7 Å². The molecule has 2 aromatic rings. The van der Waals surface area contributed by atoms with E-state index in [4.69, 9.17) is 10.5 Å². The third-order valence-corrected chi connectivity index (χ3v) is 6.38. The van der Waals surface area contributed by atoms with Crippen molar-refractivity contribution >= 4 is 44.4 Å². The third kappa shape index (κ3) is 6.60. The van der Waals surface area contributed by atoms with Crippen LogP contribution in [0.3, 0.4) is 0 Å². The van der Waals surface area contributed by atoms with Gasteiger partial charge in [-0.25, -0.2) is 13.6 Å². The van der Waals surface area contributed by atoms with E-state index in [-0.39, 0.29) is 26.5 Å². The van der Waals surface area contributed by atoms with E-state index in [1.54, 1.807) is 4.90 Å². The van der Waals surface area contributed by atoms with Crippen LogP contribution in [0.5, 0.6) is 5.88 Å². The molecule has 34 heavy (non-hydrogen) atoms. The number of rotatable bonds is 10. The van der Waals surface area contributed by atoms with Crippen molar-refractivity contribution in [3.8, 4) is 5.88 Å². The molecule has 14 heteroatoms. The fourth-order valence-corrected chi connectivity index (χ4v) is 4.52. The highest BCUT2D eigenvalue weighted by Crippen LogP contribution is 2.31. The number of amides is 3. The zero-order valence-corrected chi connectivity index (χ0v) is 20.3. The molecule has 2 atom stereocenters. The third-order valence-electron chi connectivity index (χ3n) is 5.18. The second kappa shape index (κ2) is 11.8. The Balaban J connectivity index is 1.50. The summed E-state index contributed by atoms with van der Waals surface area (Å²) in [4.78, 5) is 25.9. The molecule has 186 valence electrons. The minimum atomic E-state index is -0.929. The maximum atomic E-state index is 14.0. The minimum absolute atomic E-state index is 0.0333. The monoisotopic (exact) mass is 563 g/mol. The Kier molecular flexibility index (Phi) is 9.13. The van der Waals surface area contributed by atoms with E-state index < -0.39 is 42.5 Å². The Bertz CT molecular complexity index is 1020. The summed E-state index contributed by atoms with van der Waals surface area (Å²) in [6.07, 6.45) is 0.250. The first kappa shape index (κ1) is 26.2. The van der Waals surface area contributed by atoms with Gasteiger partial charge in [-0.3, -0.25) is 15.0 Å². The predicted molar refractivity (Wildman–Crippen MR) is 123 cm³/mol. The van der Waals surface area contributed by atoms with Gasteiger partial charge < -0.3 is 26.0 Å². The number of ether oxygens (including phenoxy) is 1. The van der Waals surface area contributed by atoms with Crippen LogP contribution in [-0.4, -0.2) is 63.4 Å². The Morgan fingerprint density at radius 1 is 1.29 bits per heavy atom. The first-order chi connectivity index (χ1) is 16.2. The summed E-state index contributed by atoms with van der Waals surface area (Å²) in [5, 5.41) is 24.5. The van der Waals surface area contributed by atoms with Crippen molar-refractivity contribution < 1.29 is 33.3 Å². The number of aromatic nitrogens is 1. The average molecular weight is 564 g/mol. The number of anilines is 1. The molecule has 1 fully saturated rings. The first-order valence-electron chi connectivity index (χ1n) is 10.4. The van der Waals surface area contributed by atoms with Crippen molar-refractivity contribution in [2.24, 2.45) is 5.73 Å². The fourth-order valence-electron chi connectivity index (χ4n) is 3.38. The molecule has 3 rings (SSSR count). The molecule has 1 aromatic carbocycles. The van der Waals surface area contributed by atoms with Crippen LogP contribution >= 0.6 is 27.5 Å². The summed E-state index contributed by atoms with van der Waals surface area (Å²) in [7, 11) is 0. The van der Waals surface area contributed by atoms with Crippen molar-refractivity contribution in [1.82, 2.24) is 14.6 Å². The number of halogens is 3. The number of aliphatic hydroxyl groups is 2. The van der Waals surface area contributed by atoms with Crippen molar-refractivity contribution in [3.05, 3.63) is 39.4 Å². The minimum Gasteiger partial charge on any atom is -0.471 e. The lowest BCUT2D eigenvalue weighted by Gasteiger charge is -2.20. The van der Waals surface area contributed by atoms with Gasteiger partial charge in [0, 0.05) is 24.1 Å². The normalized spacial score (nSPS) is 18.1. The zero-order valence-electron chi connectivity index (χ0n) is 17.9. The standard InChI is InChI=1S/C20H24BrF2N5O5S/c21-10-7-12(22)11(13(23)8-10)9-33-17-15(16(24)30)18(34-27-17)26-20(32)25-4-1-2-5-28-6-3-14(29)19(28)31/h7-8,14,19,29,31H,1-6,9H2,(H2,24,30)(H2,25,26,32). The molecule has 2 unspecified atom stereocenters. The second-order valence-electron chi connectivity index (χ2n) is 7.59. The molecule has 1 aromatic heterocycles. The van der Waals surface area contributed by atoms with Gasteiger partial charge in [0.15, 0.2) is 0 Å². The molecule has 0 radical (unpaired) electrons. The van der Waals surface area contributed by atoms with Gasteiger partial charge in [-0.2, -0.15) is 4.37 Å². The number of unbranched alkanes of at least 4 members (excludes halogenated alkanes) is 1. The van der Waals surface area contributed by atoms with Gasteiger partial charge >= 0.3 is 6.03 Å². The van der Waals surface area contributed by atoms with E-state index >= 15 is 0 Å². The number of hydrogen-bond donors (Lipinski definition) is 5. The topological polar surface area (TPSA) is 150 Å². The molecule has 1 aliphatic heterocycles. The summed E-state index contributed by atoms with van der Waals surface area (Å²) in [5.41, 5.74) is 4.82. The highest BCUT2D eigenvalue weighted by molar-refractivity contribution is 9.10. The number of aliphatic hydroxyl groups excluding tert-OH is 2. The number of carbonyl (C=O) groups is 2. The average Bonchev–Trinajstić information content (AvgIpc) is 3.30. The van der Waals surface area contributed by atoms with E-state index in [0.29, 0.717) is 38.9 Å². The molecule has 2 heterocycles. The molecule has 0 aliphatic carbocycles. The molecular formula is C20H24BrF2N5O5S. The summed E-state index contributed by atoms with van der Waals surface area (Å²) < 4.78 is 37.5. The number of carbonyl (C=O) groups excluding carboxylic acids is 2. The lowest BCUT2D eigenvalue weighted by Crippen LogP contribution is -2.36. The highest BCUT2D eigenvalue weighted by atomic mass is 79.9. The van der Waals surface area contributed by atoms with Gasteiger partial charge in [-0.1, -0.05) is 15.9 Å². The molecule has 0 saturated carbocycles. The number of primary amides is 1. The van der Waals surface area contributed by atoms with E-state index in [1.807, 2.05) is 0 Å². The van der Waals surface area contributed by atoms with Crippen LogP contribution in [0, 0.1) is 11.6 Å². The molecule has 1 aliphatic rings. The van der Waals surface area contributed by atoms with E-state index in [2.05, 4.69) is 30.9 Å². The summed E-state index contributed by atoms with van der Waals surface area (Å²) in [6, 6.07) is 1.55. The summed E-state index contributed by atoms with van der Waals surface area (Å²) in [5.74, 6) is -2.85. The predicted octanol–water partition coefficient (Wildman–Crippen LogP) is 2.15. The van der Waals surface area contributed by atoms with E-state index in [1.165, 1.54) is 0 Å². The number of nitrogens with one attached hydrogen (secondary N) is 2. The highest BCUT2D eigenvalue weighted by Gasteiger charge is 2.30. The van der Waals surface area contributed by atoms with Crippen LogP contribution in [0.1, 0.15) is 35.2 Å². The maximum absolute atomic E-state index is 14.0. The van der Waals surface area contributed by atoms with Crippen LogP contribution in [-0.2, 0) is 6.61 Å². The van der Waals surface area contributed by atoms with Crippen molar-refractivity contribution in [2.45, 2.75) is 38.2 Å². The second-order valence-corrected chi connectivity index (χ2v) is 9.28. The first-order valence-corrected chi connectivity index (χ1v) is 11.9. The number of nitrogens with two attached hydrogens (primary N) is 1. The van der Waals surface area contributed by atoms with Crippen molar-refractivity contribution in [2.75, 3.05) is 25.0 Å². The number of likely N-dealkylation sites (tertiary alicyclic amines) is 1. The van der Waals surface area contributed by atoms with Gasteiger partial charge in [0.2, 0.25) is 5.88 Å². The molecule has 3 amide bonds. The molecule has 0 bridgehead atoms. The number of hydrogen-bond acceptors (Lipinski definition) is 8. The molecule has 1 saturated heterocycles. The number of nitrogens with zero attached hydrogens (tertiary/aromatic N) is 2. The van der Waals surface area contributed by atoms with Gasteiger partial charge in [0.25, 0.3) is 5.91 Å². The van der Waals surface area contributed by atoms with E-state index in [0.717, 1.165) is 23.7 Å². The molecule has 10 nitrogen and oxygen atoms in total. The van der Waals surface area contributed by atoms with Crippen molar-refractivity contribution in [3.63, 3.8) is 0 Å². The van der Waals surface area contributed by atoms with Gasteiger partial charge in [-0.15, -0.1) is 0 Å². The molecule has 6 N–H and O–H groups in total.